The molecule has 0 atom stereocenters. The second kappa shape index (κ2) is 3.62. The number of hydrogen-bond acceptors (Lipinski definition) is 2. The third-order valence-corrected chi connectivity index (χ3v) is 2.05. The molecule has 0 amide bonds. The van der Waals surface area contributed by atoms with Gasteiger partial charge >= 0.3 is 6.18 Å². The highest BCUT2D eigenvalue weighted by Crippen LogP contribution is 2.28. The number of aromatic nitrogens is 3. The predicted molar refractivity (Wildman–Crippen MR) is 51.4 cm³/mol. The molecule has 0 aliphatic rings. The molecular formula is C10H8F3N3. The van der Waals surface area contributed by atoms with Crippen LogP contribution < -0.4 is 0 Å². The van der Waals surface area contributed by atoms with E-state index in [1.165, 1.54) is 7.05 Å². The lowest BCUT2D eigenvalue weighted by atomic mass is 10.2. The smallest absolute Gasteiger partial charge is 0.248 e. The van der Waals surface area contributed by atoms with Crippen LogP contribution in [0.4, 0.5) is 13.2 Å². The van der Waals surface area contributed by atoms with E-state index in [2.05, 4.69) is 10.1 Å². The third-order valence-electron chi connectivity index (χ3n) is 2.05. The Morgan fingerprint density at radius 3 is 2.25 bits per heavy atom. The summed E-state index contributed by atoms with van der Waals surface area (Å²) in [5, 5.41) is 3.34. The van der Waals surface area contributed by atoms with Gasteiger partial charge in [-0.1, -0.05) is 30.3 Å². The van der Waals surface area contributed by atoms with E-state index in [1.54, 1.807) is 30.3 Å². The third kappa shape index (κ3) is 1.91. The van der Waals surface area contributed by atoms with Gasteiger partial charge in [0, 0.05) is 12.6 Å². The van der Waals surface area contributed by atoms with Crippen LogP contribution in [0.3, 0.4) is 0 Å². The zero-order chi connectivity index (χ0) is 11.8. The molecule has 6 heteroatoms. The Morgan fingerprint density at radius 1 is 1.12 bits per heavy atom. The van der Waals surface area contributed by atoms with E-state index in [-0.39, 0.29) is 5.82 Å². The summed E-state index contributed by atoms with van der Waals surface area (Å²) in [7, 11) is 1.44. The Balaban J connectivity index is 2.48. The quantitative estimate of drug-likeness (QED) is 0.749. The van der Waals surface area contributed by atoms with Crippen molar-refractivity contribution in [1.29, 1.82) is 0 Å². The molecule has 0 fully saturated rings. The van der Waals surface area contributed by atoms with Crippen molar-refractivity contribution in [3.63, 3.8) is 0 Å². The van der Waals surface area contributed by atoms with Gasteiger partial charge in [-0.25, -0.2) is 9.67 Å². The molecule has 1 aromatic heterocycles. The van der Waals surface area contributed by atoms with Gasteiger partial charge in [0.1, 0.15) is 0 Å². The summed E-state index contributed by atoms with van der Waals surface area (Å²) in [6.45, 7) is 0. The number of nitrogens with zero attached hydrogens (tertiary/aromatic N) is 3. The van der Waals surface area contributed by atoms with Crippen molar-refractivity contribution in [2.24, 2.45) is 7.05 Å². The average molecular weight is 227 g/mol. The zero-order valence-electron chi connectivity index (χ0n) is 8.36. The monoisotopic (exact) mass is 227 g/mol. The highest BCUT2D eigenvalue weighted by Gasteiger charge is 2.36. The number of alkyl halides is 3. The molecule has 0 unspecified atom stereocenters. The van der Waals surface area contributed by atoms with Gasteiger partial charge in [0.25, 0.3) is 5.82 Å². The van der Waals surface area contributed by atoms with Crippen molar-refractivity contribution >= 4 is 0 Å². The normalized spacial score (nSPS) is 11.8. The van der Waals surface area contributed by atoms with Gasteiger partial charge < -0.3 is 0 Å². The summed E-state index contributed by atoms with van der Waals surface area (Å²) < 4.78 is 38.2. The molecular weight excluding hydrogens is 219 g/mol. The molecule has 1 aromatic carbocycles. The minimum absolute atomic E-state index is 0.202. The fourth-order valence-corrected chi connectivity index (χ4v) is 1.34. The maximum absolute atomic E-state index is 12.4. The lowest BCUT2D eigenvalue weighted by Gasteiger charge is -1.98. The van der Waals surface area contributed by atoms with E-state index < -0.39 is 12.0 Å². The van der Waals surface area contributed by atoms with Crippen LogP contribution in [0.5, 0.6) is 0 Å². The molecule has 0 N–H and O–H groups in total. The van der Waals surface area contributed by atoms with E-state index in [0.717, 1.165) is 4.68 Å². The van der Waals surface area contributed by atoms with Gasteiger partial charge in [0.2, 0.25) is 0 Å². The zero-order valence-corrected chi connectivity index (χ0v) is 8.36. The van der Waals surface area contributed by atoms with E-state index in [0.29, 0.717) is 5.56 Å². The summed E-state index contributed by atoms with van der Waals surface area (Å²) in [6.07, 6.45) is -4.51. The van der Waals surface area contributed by atoms with Crippen LogP contribution in [0.15, 0.2) is 30.3 Å². The van der Waals surface area contributed by atoms with Crippen molar-refractivity contribution in [2.75, 3.05) is 0 Å². The van der Waals surface area contributed by atoms with Crippen molar-refractivity contribution in [3.05, 3.63) is 36.2 Å². The molecule has 0 spiro atoms. The second-order valence-corrected chi connectivity index (χ2v) is 3.25. The summed E-state index contributed by atoms with van der Waals surface area (Å²) >= 11 is 0. The molecule has 1 heterocycles. The lowest BCUT2D eigenvalue weighted by molar-refractivity contribution is -0.144. The van der Waals surface area contributed by atoms with E-state index in [9.17, 15) is 13.2 Å². The molecule has 3 nitrogen and oxygen atoms in total. The SMILES string of the molecule is Cn1nc(C(F)(F)F)nc1-c1ccccc1. The number of hydrogen-bond donors (Lipinski definition) is 0. The van der Waals surface area contributed by atoms with Crippen molar-refractivity contribution < 1.29 is 13.2 Å². The minimum Gasteiger partial charge on any atom is -0.248 e. The van der Waals surface area contributed by atoms with Crippen LogP contribution in [0.25, 0.3) is 11.4 Å². The van der Waals surface area contributed by atoms with Gasteiger partial charge in [-0.15, -0.1) is 5.10 Å². The predicted octanol–water partition coefficient (Wildman–Crippen LogP) is 2.50. The van der Waals surface area contributed by atoms with Gasteiger partial charge in [-0.3, -0.25) is 0 Å². The molecule has 16 heavy (non-hydrogen) atoms. The Kier molecular flexibility index (Phi) is 2.41. The summed E-state index contributed by atoms with van der Waals surface area (Å²) in [4.78, 5) is 3.48. The van der Waals surface area contributed by atoms with Crippen molar-refractivity contribution in [3.8, 4) is 11.4 Å². The lowest BCUT2D eigenvalue weighted by Crippen LogP contribution is -2.08. The molecule has 2 rings (SSSR count). The Bertz CT molecular complexity index is 488. The Morgan fingerprint density at radius 2 is 1.75 bits per heavy atom. The Hall–Kier alpha value is -1.85. The number of benzene rings is 1. The standard InChI is InChI=1S/C10H8F3N3/c1-16-8(7-5-3-2-4-6-7)14-9(15-16)10(11,12)13/h2-6H,1H3. The topological polar surface area (TPSA) is 30.7 Å². The van der Waals surface area contributed by atoms with E-state index in [1.807, 2.05) is 0 Å². The molecule has 2 aromatic rings. The van der Waals surface area contributed by atoms with E-state index >= 15 is 0 Å². The van der Waals surface area contributed by atoms with Crippen LogP contribution >= 0.6 is 0 Å². The summed E-state index contributed by atoms with van der Waals surface area (Å²) in [6, 6.07) is 8.62. The van der Waals surface area contributed by atoms with E-state index in [4.69, 9.17) is 0 Å². The maximum Gasteiger partial charge on any atom is 0.453 e. The van der Waals surface area contributed by atoms with Crippen LogP contribution in [-0.4, -0.2) is 14.8 Å². The number of rotatable bonds is 1. The molecule has 84 valence electrons. The number of halogens is 3. The average Bonchev–Trinajstić information content (AvgIpc) is 2.61. The molecule has 0 bridgehead atoms. The van der Waals surface area contributed by atoms with Crippen LogP contribution in [0.2, 0.25) is 0 Å². The number of aryl methyl sites for hydroxylation is 1. The summed E-state index contributed by atoms with van der Waals surface area (Å²) in [5.41, 5.74) is 0.605. The van der Waals surface area contributed by atoms with Crippen molar-refractivity contribution in [1.82, 2.24) is 14.8 Å². The molecule has 0 aliphatic carbocycles. The highest BCUT2D eigenvalue weighted by molar-refractivity contribution is 5.54. The molecule has 0 saturated carbocycles. The minimum atomic E-state index is -4.51. The fourth-order valence-electron chi connectivity index (χ4n) is 1.34. The maximum atomic E-state index is 12.4. The molecule has 0 saturated heterocycles. The first kappa shape index (κ1) is 10.7. The highest BCUT2D eigenvalue weighted by atomic mass is 19.4. The molecule has 0 aliphatic heterocycles. The van der Waals surface area contributed by atoms with Crippen LogP contribution in [-0.2, 0) is 13.2 Å². The van der Waals surface area contributed by atoms with Crippen molar-refractivity contribution in [2.45, 2.75) is 6.18 Å². The first-order chi connectivity index (χ1) is 7.48. The first-order valence-electron chi connectivity index (χ1n) is 4.52. The van der Waals surface area contributed by atoms with Gasteiger partial charge in [-0.2, -0.15) is 13.2 Å². The van der Waals surface area contributed by atoms with Gasteiger partial charge in [0.15, 0.2) is 5.82 Å². The first-order valence-corrected chi connectivity index (χ1v) is 4.52. The second-order valence-electron chi connectivity index (χ2n) is 3.25. The fraction of sp³-hybridized carbons (Fsp3) is 0.200. The van der Waals surface area contributed by atoms with Gasteiger partial charge in [0.05, 0.1) is 0 Å². The van der Waals surface area contributed by atoms with Crippen LogP contribution in [0, 0.1) is 0 Å². The Labute approximate surface area is 89.5 Å². The summed E-state index contributed by atoms with van der Waals surface area (Å²) in [5.74, 6) is -0.915. The molecule has 0 radical (unpaired) electrons. The van der Waals surface area contributed by atoms with Gasteiger partial charge in [-0.05, 0) is 0 Å². The van der Waals surface area contributed by atoms with Crippen LogP contribution in [0.1, 0.15) is 5.82 Å². The largest absolute Gasteiger partial charge is 0.453 e.